The van der Waals surface area contributed by atoms with Gasteiger partial charge in [0.1, 0.15) is 0 Å². The van der Waals surface area contributed by atoms with E-state index in [4.69, 9.17) is 4.74 Å². The average Bonchev–Trinajstić information content (AvgIpc) is 3.17. The largest absolute Gasteiger partial charge is 0.459 e. The van der Waals surface area contributed by atoms with E-state index < -0.39 is 0 Å². The molecule has 0 unspecified atom stereocenters. The summed E-state index contributed by atoms with van der Waals surface area (Å²) in [4.78, 5) is 15.2. The Morgan fingerprint density at radius 2 is 1.90 bits per heavy atom. The van der Waals surface area contributed by atoms with E-state index in [9.17, 15) is 4.79 Å². The Balaban J connectivity index is 1.91. The Labute approximate surface area is 182 Å². The topological polar surface area (TPSA) is 71.8 Å². The van der Waals surface area contributed by atoms with E-state index in [1.807, 2.05) is 58.2 Å². The lowest BCUT2D eigenvalue weighted by Gasteiger charge is -2.32. The summed E-state index contributed by atoms with van der Waals surface area (Å²) in [5, 5.41) is 11.9. The second-order valence-electron chi connectivity index (χ2n) is 8.21. The summed E-state index contributed by atoms with van der Waals surface area (Å²) in [7, 11) is 0. The lowest BCUT2D eigenvalue weighted by atomic mass is 10.0. The van der Waals surface area contributed by atoms with Gasteiger partial charge in [-0.1, -0.05) is 6.58 Å². The third-order valence-electron chi connectivity index (χ3n) is 5.62. The number of aryl methyl sites for hydroxylation is 1. The van der Waals surface area contributed by atoms with Crippen LogP contribution >= 0.6 is 0 Å². The zero-order valence-electron chi connectivity index (χ0n) is 18.6. The summed E-state index contributed by atoms with van der Waals surface area (Å²) >= 11 is 0. The summed E-state index contributed by atoms with van der Waals surface area (Å²) in [6, 6.07) is 7.80. The molecular weight excluding hydrogens is 390 g/mol. The second kappa shape index (κ2) is 8.51. The van der Waals surface area contributed by atoms with Crippen molar-refractivity contribution in [1.29, 1.82) is 0 Å². The third-order valence-corrected chi connectivity index (χ3v) is 5.62. The van der Waals surface area contributed by atoms with E-state index in [0.29, 0.717) is 5.56 Å². The number of rotatable bonds is 5. The molecule has 0 aliphatic carbocycles. The molecule has 0 atom stereocenters. The zero-order valence-corrected chi connectivity index (χ0v) is 18.6. The highest BCUT2D eigenvalue weighted by atomic mass is 16.5. The van der Waals surface area contributed by atoms with Crippen LogP contribution in [-0.4, -0.2) is 57.8 Å². The maximum absolute atomic E-state index is 13.0. The van der Waals surface area contributed by atoms with Gasteiger partial charge in [-0.15, -0.1) is 0 Å². The van der Waals surface area contributed by atoms with Crippen LogP contribution in [0.25, 0.3) is 22.5 Å². The number of hydrogen-bond donors (Lipinski definition) is 1. The molecule has 7 nitrogen and oxygen atoms in total. The summed E-state index contributed by atoms with van der Waals surface area (Å²) < 4.78 is 7.65. The van der Waals surface area contributed by atoms with Gasteiger partial charge in [-0.2, -0.15) is 10.2 Å². The van der Waals surface area contributed by atoms with Crippen molar-refractivity contribution >= 4 is 17.2 Å². The molecule has 7 heteroatoms. The number of nitrogens with one attached hydrogen (secondary N) is 1. The minimum atomic E-state index is -0.327. The first-order chi connectivity index (χ1) is 14.9. The Morgan fingerprint density at radius 3 is 2.55 bits per heavy atom. The Hall–Kier alpha value is -3.19. The monoisotopic (exact) mass is 419 g/mol. The fourth-order valence-electron chi connectivity index (χ4n) is 4.03. The van der Waals surface area contributed by atoms with Crippen molar-refractivity contribution in [2.75, 3.05) is 26.2 Å². The summed E-state index contributed by atoms with van der Waals surface area (Å²) in [6.07, 6.45) is 1.82. The van der Waals surface area contributed by atoms with Crippen LogP contribution in [0.3, 0.4) is 0 Å². The Morgan fingerprint density at radius 1 is 1.16 bits per heavy atom. The van der Waals surface area contributed by atoms with Gasteiger partial charge < -0.3 is 19.4 Å². The molecule has 1 N–H and O–H groups in total. The molecule has 4 heterocycles. The van der Waals surface area contributed by atoms with E-state index in [2.05, 4.69) is 31.4 Å². The number of aromatic nitrogens is 3. The van der Waals surface area contributed by atoms with Gasteiger partial charge in [-0.05, 0) is 57.5 Å². The van der Waals surface area contributed by atoms with E-state index >= 15 is 0 Å². The quantitative estimate of drug-likeness (QED) is 0.639. The summed E-state index contributed by atoms with van der Waals surface area (Å²) in [5.41, 5.74) is 6.65. The van der Waals surface area contributed by atoms with Crippen molar-refractivity contribution in [2.45, 2.75) is 33.8 Å². The normalized spacial score (nSPS) is 14.3. The fourth-order valence-corrected chi connectivity index (χ4v) is 4.03. The number of nitrogens with zero attached hydrogens (tertiary/aromatic N) is 4. The molecule has 3 aromatic heterocycles. The lowest BCUT2D eigenvalue weighted by Crippen LogP contribution is -2.42. The SMILES string of the molecule is C=C(c1c(C)c(C(=O)OC(C)C)cc2c(-c3ccc(C)nn3)ccn12)N1CCNCC1. The molecule has 4 rings (SSSR count). The van der Waals surface area contributed by atoms with Crippen LogP contribution in [0, 0.1) is 13.8 Å². The predicted molar refractivity (Wildman–Crippen MR) is 122 cm³/mol. The molecular formula is C24H29N5O2. The highest BCUT2D eigenvalue weighted by Gasteiger charge is 2.24. The molecule has 3 aromatic rings. The molecule has 162 valence electrons. The number of carbonyl (C=O) groups excluding carboxylic acids is 1. The maximum atomic E-state index is 13.0. The standard InChI is InChI=1S/C24H29N5O2/c1-15(2)31-24(30)20-14-22-19(21-7-6-16(3)26-27-21)8-11-29(22)23(17(20)4)18(5)28-12-9-25-10-13-28/h6-8,11,14-15,25H,5,9-10,12-13H2,1-4H3. The fraction of sp³-hybridized carbons (Fsp3) is 0.375. The van der Waals surface area contributed by atoms with Gasteiger partial charge in [0.25, 0.3) is 0 Å². The molecule has 0 saturated carbocycles. The average molecular weight is 420 g/mol. The van der Waals surface area contributed by atoms with Crippen molar-refractivity contribution in [1.82, 2.24) is 24.8 Å². The number of fused-ring (bicyclic) bond motifs is 1. The van der Waals surface area contributed by atoms with Gasteiger partial charge in [0.05, 0.1) is 40.0 Å². The van der Waals surface area contributed by atoms with Crippen LogP contribution in [0.2, 0.25) is 0 Å². The highest BCUT2D eigenvalue weighted by molar-refractivity contribution is 5.96. The van der Waals surface area contributed by atoms with Gasteiger partial charge >= 0.3 is 5.97 Å². The van der Waals surface area contributed by atoms with Crippen molar-refractivity contribution in [2.24, 2.45) is 0 Å². The van der Waals surface area contributed by atoms with Gasteiger partial charge in [0, 0.05) is 37.9 Å². The molecule has 0 spiro atoms. The van der Waals surface area contributed by atoms with Crippen LogP contribution in [0.5, 0.6) is 0 Å². The van der Waals surface area contributed by atoms with Gasteiger partial charge in [-0.3, -0.25) is 0 Å². The number of ether oxygens (including phenoxy) is 1. The molecule has 1 aliphatic heterocycles. The summed E-state index contributed by atoms with van der Waals surface area (Å²) in [6.45, 7) is 15.6. The predicted octanol–water partition coefficient (Wildman–Crippen LogP) is 3.45. The lowest BCUT2D eigenvalue weighted by molar-refractivity contribution is 0.0377. The van der Waals surface area contributed by atoms with Crippen molar-refractivity contribution in [3.63, 3.8) is 0 Å². The van der Waals surface area contributed by atoms with Crippen LogP contribution < -0.4 is 5.32 Å². The maximum Gasteiger partial charge on any atom is 0.338 e. The van der Waals surface area contributed by atoms with Crippen LogP contribution in [0.15, 0.2) is 37.0 Å². The number of piperazine rings is 1. The van der Waals surface area contributed by atoms with Crippen molar-refractivity contribution in [3.05, 3.63) is 59.6 Å². The van der Waals surface area contributed by atoms with E-state index in [0.717, 1.165) is 65.6 Å². The van der Waals surface area contributed by atoms with Crippen molar-refractivity contribution in [3.8, 4) is 11.3 Å². The minimum absolute atomic E-state index is 0.197. The smallest absolute Gasteiger partial charge is 0.338 e. The molecule has 0 radical (unpaired) electrons. The number of carbonyl (C=O) groups is 1. The minimum Gasteiger partial charge on any atom is -0.459 e. The van der Waals surface area contributed by atoms with E-state index in [-0.39, 0.29) is 12.1 Å². The number of esters is 1. The first kappa shape index (κ1) is 21.1. The molecule has 1 saturated heterocycles. The zero-order chi connectivity index (χ0) is 22.1. The molecule has 0 aromatic carbocycles. The van der Waals surface area contributed by atoms with Gasteiger partial charge in [0.15, 0.2) is 0 Å². The van der Waals surface area contributed by atoms with E-state index in [1.54, 1.807) is 0 Å². The molecule has 1 aliphatic rings. The second-order valence-corrected chi connectivity index (χ2v) is 8.21. The first-order valence-electron chi connectivity index (χ1n) is 10.7. The highest BCUT2D eigenvalue weighted by Crippen LogP contribution is 2.32. The Bertz CT molecular complexity index is 1130. The first-order valence-corrected chi connectivity index (χ1v) is 10.7. The molecule has 0 bridgehead atoms. The van der Waals surface area contributed by atoms with Gasteiger partial charge in [-0.25, -0.2) is 4.79 Å². The van der Waals surface area contributed by atoms with E-state index in [1.165, 1.54) is 0 Å². The van der Waals surface area contributed by atoms with Crippen LogP contribution in [-0.2, 0) is 4.74 Å². The molecule has 1 fully saturated rings. The van der Waals surface area contributed by atoms with Gasteiger partial charge in [0.2, 0.25) is 0 Å². The molecule has 31 heavy (non-hydrogen) atoms. The van der Waals surface area contributed by atoms with Crippen molar-refractivity contribution < 1.29 is 9.53 Å². The van der Waals surface area contributed by atoms with Crippen LogP contribution in [0.1, 0.15) is 41.2 Å². The third kappa shape index (κ3) is 4.05. The summed E-state index contributed by atoms with van der Waals surface area (Å²) in [5.74, 6) is -0.327. The number of pyridine rings is 1. The van der Waals surface area contributed by atoms with Crippen LogP contribution in [0.4, 0.5) is 0 Å². The Kier molecular flexibility index (Phi) is 5.78. The molecule has 0 amide bonds. The number of hydrogen-bond acceptors (Lipinski definition) is 6.